The van der Waals surface area contributed by atoms with Gasteiger partial charge in [-0.05, 0) is 111 Å². The highest BCUT2D eigenvalue weighted by Crippen LogP contribution is 2.28. The van der Waals surface area contributed by atoms with Gasteiger partial charge < -0.3 is 136 Å². The second-order valence-electron chi connectivity index (χ2n) is 33.3. The number of aromatic nitrogens is 2. The van der Waals surface area contributed by atoms with E-state index in [1.54, 1.807) is 92.1 Å². The number of carboxylic acids is 1. The molecule has 3 fully saturated rings. The number of thioether (sulfide) groups is 1. The number of aliphatic hydroxyl groups excluding tert-OH is 2. The van der Waals surface area contributed by atoms with Crippen LogP contribution in [0.25, 0.3) is 21.8 Å². The van der Waals surface area contributed by atoms with E-state index >= 15 is 33.6 Å². The monoisotopic (exact) mass is 1880 g/mol. The lowest BCUT2D eigenvalue weighted by atomic mass is 10.0. The predicted molar refractivity (Wildman–Crippen MR) is 486 cm³/mol. The number of rotatable bonds is 24. The zero-order valence-electron chi connectivity index (χ0n) is 75.1. The van der Waals surface area contributed by atoms with Crippen LogP contribution < -0.4 is 80.8 Å². The SMILES string of the molecule is CCCC[C@H]1C(=O)N(C)[C@@H](COc2cccc(C)c2)C(=O)N[C@@H](CCN)C(=O)N[C@H](C(=O)NCC(N)=O)CSCC(=O)N[C@@H](Cc2ccc(O)cc2)C(=O)N(C)[C@@H](C)C(=O)N[C@@H](CC(N)=O)C(=O)N2CCC[C@H]2C(=O)N[C@@H](CN)C(=O)N[C@@H](CCC(=O)O)C(=O)N2C[C@H](O)C[C@H]2C(=O)N[C@@H](Cc2c[nH]c3ccccc23)C(=O)N[C@@H](CO)C(=O)N[C@@H](Cc2c[nH]c3ccccc23)C(=O)N1C. The number of aryl methyl sites for hydroxylation is 1. The van der Waals surface area contributed by atoms with Crippen molar-refractivity contribution in [2.24, 2.45) is 22.9 Å². The number of phenolic OH excluding ortho intramolecular Hbond substituents is 1. The van der Waals surface area contributed by atoms with Crippen molar-refractivity contribution in [3.63, 3.8) is 0 Å². The number of nitrogens with zero attached hydrogens (tertiary/aromatic N) is 5. The quantitative estimate of drug-likeness (QED) is 0.0270. The van der Waals surface area contributed by atoms with E-state index in [1.807, 2.05) is 6.92 Å². The minimum atomic E-state index is -1.95. The van der Waals surface area contributed by atoms with Gasteiger partial charge in [-0.3, -0.25) is 86.3 Å². The van der Waals surface area contributed by atoms with Gasteiger partial charge in [0.15, 0.2) is 0 Å². The van der Waals surface area contributed by atoms with Crippen molar-refractivity contribution < 1.29 is 111 Å². The maximum absolute atomic E-state index is 15.8. The zero-order valence-corrected chi connectivity index (χ0v) is 75.9. The van der Waals surface area contributed by atoms with Gasteiger partial charge in [-0.2, -0.15) is 0 Å². The lowest BCUT2D eigenvalue weighted by molar-refractivity contribution is -0.150. The van der Waals surface area contributed by atoms with E-state index in [4.69, 9.17) is 27.7 Å². The Morgan fingerprint density at radius 2 is 1.12 bits per heavy atom. The van der Waals surface area contributed by atoms with Gasteiger partial charge in [0.2, 0.25) is 100 Å². The van der Waals surface area contributed by atoms with Crippen LogP contribution in [0.2, 0.25) is 0 Å². The van der Waals surface area contributed by atoms with Gasteiger partial charge in [0.25, 0.3) is 0 Å². The average molecular weight is 1880 g/mol. The molecule has 724 valence electrons. The molecule has 0 radical (unpaired) electrons. The molecule has 5 heterocycles. The van der Waals surface area contributed by atoms with E-state index in [1.165, 1.54) is 52.3 Å². The lowest BCUT2D eigenvalue weighted by Crippen LogP contribution is -2.62. The second-order valence-corrected chi connectivity index (χ2v) is 34.3. The summed E-state index contributed by atoms with van der Waals surface area (Å²) in [5.74, 6) is -20.0. The number of aliphatic carboxylic acids is 1. The molecule has 3 saturated heterocycles. The maximum atomic E-state index is 15.8. The van der Waals surface area contributed by atoms with Crippen molar-refractivity contribution >= 4 is 140 Å². The number of nitrogens with one attached hydrogen (secondary N) is 12. The number of carbonyl (C=O) groups excluding carboxylic acids is 17. The lowest BCUT2D eigenvalue weighted by Gasteiger charge is -2.36. The first-order valence-corrected chi connectivity index (χ1v) is 45.0. The number of ether oxygens (including phenoxy) is 1. The number of likely N-dealkylation sites (N-methyl/N-ethyl adjacent to an activating group) is 3. The molecule has 134 heavy (non-hydrogen) atoms. The third-order valence-corrected chi connectivity index (χ3v) is 24.6. The second kappa shape index (κ2) is 49.1. The molecule has 45 heteroatoms. The molecule has 0 saturated carbocycles. The van der Waals surface area contributed by atoms with Crippen molar-refractivity contribution in [1.82, 2.24) is 87.6 Å². The predicted octanol–water partition coefficient (Wildman–Crippen LogP) is -4.83. The molecule has 6 aromatic rings. The number of hydrogen-bond donors (Lipinski definition) is 20. The maximum Gasteiger partial charge on any atom is 0.303 e. The fourth-order valence-electron chi connectivity index (χ4n) is 16.0. The number of carbonyl (C=O) groups is 18. The highest BCUT2D eigenvalue weighted by Gasteiger charge is 2.47. The Hall–Kier alpha value is -13.8. The summed E-state index contributed by atoms with van der Waals surface area (Å²) in [5, 5.41) is 69.2. The minimum Gasteiger partial charge on any atom is -0.508 e. The number of para-hydroxylation sites is 2. The number of aromatic amines is 2. The number of phenols is 1. The third kappa shape index (κ3) is 28.1. The van der Waals surface area contributed by atoms with Gasteiger partial charge in [-0.1, -0.05) is 80.4 Å². The van der Waals surface area contributed by atoms with E-state index in [0.29, 0.717) is 44.9 Å². The van der Waals surface area contributed by atoms with Crippen LogP contribution >= 0.6 is 11.8 Å². The van der Waals surface area contributed by atoms with Gasteiger partial charge in [0.1, 0.15) is 103 Å². The summed E-state index contributed by atoms with van der Waals surface area (Å²) >= 11 is 0.734. The Morgan fingerprint density at radius 1 is 0.560 bits per heavy atom. The Kier molecular flexibility index (Phi) is 38.1. The standard InChI is InChI=1S/C89H119N21O23S/c1-7-8-21-69-89(132)108(6)71(44-133-54-16-13-15-47(2)32-54)84(127)98-59(29-30-90)78(121)105-67(77(120)96-41-73(93)115)45-134-46-74(116)97-62(33-49-23-25-52(112)26-24-49)85(128)106(4)48(3)76(119)101-64(37-72(92)114)88(131)109-31-14-22-68(109)82(125)103-65(38-91)80(123)99-60(27-28-75(117)118)87(130)110-42-53(113)36-70(110)83(126)100-61(34-50-39-94-57-19-11-9-17-55(50)57)79(122)104-66(43-111)81(124)102-63(86(129)107(69)5)35-51-40-95-58-20-12-10-18-56(51)58/h9-13,15-20,23-26,32,39-40,48,53,59-71,94-95,111-113H,7-8,14,21-22,27-31,33-38,41-46,90-91H2,1-6H3,(H2,92,114)(H2,93,115)(H,96,120)(H,97,116)(H,98,127)(H,99,123)(H,100,126)(H,101,119)(H,102,124)(H,103,125)(H,104,122)(H,105,121)(H,117,118)/t48-,53+,59-,60-,61-,62-,63-,64-,65-,66-,67-,68-,69-,70-,71-/m0/s1. The van der Waals surface area contributed by atoms with Crippen molar-refractivity contribution in [2.75, 3.05) is 78.6 Å². The van der Waals surface area contributed by atoms with Crippen molar-refractivity contribution in [3.8, 4) is 11.5 Å². The van der Waals surface area contributed by atoms with Crippen LogP contribution in [0, 0.1) is 6.92 Å². The van der Waals surface area contributed by atoms with E-state index in [0.717, 1.165) is 41.8 Å². The third-order valence-electron chi connectivity index (χ3n) is 23.6. The van der Waals surface area contributed by atoms with E-state index < -0.39 is 267 Å². The fourth-order valence-corrected chi connectivity index (χ4v) is 16.9. The molecule has 15 atom stereocenters. The molecule has 24 N–H and O–H groups in total. The molecule has 0 aliphatic carbocycles. The number of amides is 17. The van der Waals surface area contributed by atoms with Crippen molar-refractivity contribution in [3.05, 3.63) is 132 Å². The molecular formula is C89H119N21O23S. The Labute approximate surface area is 775 Å². The van der Waals surface area contributed by atoms with E-state index in [-0.39, 0.29) is 76.0 Å². The smallest absolute Gasteiger partial charge is 0.303 e. The molecule has 0 spiro atoms. The van der Waals surface area contributed by atoms with Gasteiger partial charge in [0.05, 0.1) is 31.4 Å². The molecule has 0 unspecified atom stereocenters. The fraction of sp³-hybridized carbons (Fsp3) is 0.483. The Morgan fingerprint density at radius 3 is 1.74 bits per heavy atom. The summed E-state index contributed by atoms with van der Waals surface area (Å²) in [6.45, 7) is 0.520. The van der Waals surface area contributed by atoms with Crippen LogP contribution in [0.4, 0.5) is 0 Å². The van der Waals surface area contributed by atoms with E-state index in [2.05, 4.69) is 63.1 Å². The molecule has 3 aliphatic rings. The Balaban J connectivity index is 1.10. The van der Waals surface area contributed by atoms with Crippen molar-refractivity contribution in [2.45, 2.75) is 195 Å². The van der Waals surface area contributed by atoms with Crippen molar-refractivity contribution in [1.29, 1.82) is 0 Å². The van der Waals surface area contributed by atoms with Crippen LogP contribution in [0.1, 0.15) is 100 Å². The summed E-state index contributed by atoms with van der Waals surface area (Å²) in [7, 11) is 3.73. The average Bonchev–Trinajstić information content (AvgIpc) is 1.62. The van der Waals surface area contributed by atoms with Gasteiger partial charge in [-0.25, -0.2) is 0 Å². The number of primary amides is 2. The number of nitrogens with two attached hydrogens (primary N) is 4. The minimum absolute atomic E-state index is 0.0794. The molecular weight excluding hydrogens is 1760 g/mol. The number of aromatic hydroxyl groups is 1. The Bertz CT molecular complexity index is 5270. The van der Waals surface area contributed by atoms with Gasteiger partial charge in [0, 0.05) is 113 Å². The molecule has 4 aromatic carbocycles. The van der Waals surface area contributed by atoms with Gasteiger partial charge in [-0.15, -0.1) is 11.8 Å². The molecule has 9 rings (SSSR count). The van der Waals surface area contributed by atoms with Gasteiger partial charge >= 0.3 is 5.97 Å². The summed E-state index contributed by atoms with van der Waals surface area (Å²) < 4.78 is 6.22. The molecule has 17 amide bonds. The number of fused-ring (bicyclic) bond motifs is 4. The summed E-state index contributed by atoms with van der Waals surface area (Å²) in [6, 6.07) is 2.48. The number of benzene rings is 4. The van der Waals surface area contributed by atoms with Crippen LogP contribution in [0.3, 0.4) is 0 Å². The highest BCUT2D eigenvalue weighted by molar-refractivity contribution is 8.00. The molecule has 2 aromatic heterocycles. The summed E-state index contributed by atoms with van der Waals surface area (Å²) in [6.07, 6.45) is -1.82. The van der Waals surface area contributed by atoms with Crippen LogP contribution in [-0.4, -0.2) is 331 Å². The highest BCUT2D eigenvalue weighted by atomic mass is 32.2. The first-order chi connectivity index (χ1) is 63.8. The first-order valence-electron chi connectivity index (χ1n) is 43.9. The largest absolute Gasteiger partial charge is 0.508 e. The zero-order chi connectivity index (χ0) is 97.9. The number of unbranched alkanes of at least 4 members (excludes halogenated alkanes) is 1. The van der Waals surface area contributed by atoms with Crippen LogP contribution in [-0.2, 0) is 106 Å². The normalized spacial score (nSPS) is 24.8. The number of carboxylic acid groups (broad SMARTS) is 1. The summed E-state index contributed by atoms with van der Waals surface area (Å²) in [4.78, 5) is 272. The van der Waals surface area contributed by atoms with Crippen LogP contribution in [0.5, 0.6) is 11.5 Å². The molecule has 0 bridgehead atoms. The van der Waals surface area contributed by atoms with E-state index in [9.17, 15) is 73.2 Å². The number of H-pyrrole nitrogens is 2. The molecule has 44 nitrogen and oxygen atoms in total. The number of aliphatic hydroxyl groups is 2. The molecule has 3 aliphatic heterocycles. The number of hydrogen-bond acceptors (Lipinski definition) is 25. The summed E-state index contributed by atoms with van der Waals surface area (Å²) in [5.41, 5.74) is 26.5. The topological polar surface area (TPSA) is 670 Å². The first kappa shape index (κ1) is 104. The van der Waals surface area contributed by atoms with Crippen LogP contribution in [0.15, 0.2) is 109 Å².